The summed E-state index contributed by atoms with van der Waals surface area (Å²) in [5.41, 5.74) is 1.49. The normalized spacial score (nSPS) is 10.5. The summed E-state index contributed by atoms with van der Waals surface area (Å²) in [6.45, 7) is 3.93. The highest BCUT2D eigenvalue weighted by molar-refractivity contribution is 5.79. The van der Waals surface area contributed by atoms with Crippen molar-refractivity contribution in [2.24, 2.45) is 0 Å². The fourth-order valence-electron chi connectivity index (χ4n) is 2.29. The van der Waals surface area contributed by atoms with Crippen LogP contribution in [0.5, 0.6) is 11.5 Å². The van der Waals surface area contributed by atoms with Crippen LogP contribution in [0.4, 0.5) is 4.39 Å². The molecule has 2 aromatic rings. The van der Waals surface area contributed by atoms with Gasteiger partial charge >= 0.3 is 0 Å². The molecule has 2 aromatic carbocycles. The van der Waals surface area contributed by atoms with Crippen LogP contribution in [0.25, 0.3) is 0 Å². The fraction of sp³-hybridized carbons (Fsp3) is 0.316. The van der Waals surface area contributed by atoms with Crippen molar-refractivity contribution in [1.82, 2.24) is 5.32 Å². The van der Waals surface area contributed by atoms with Crippen LogP contribution < -0.4 is 14.8 Å². The molecule has 0 heterocycles. The molecule has 1 N–H and O–H groups in total. The van der Waals surface area contributed by atoms with Gasteiger partial charge in [0.1, 0.15) is 5.75 Å². The summed E-state index contributed by atoms with van der Waals surface area (Å²) in [7, 11) is 1.57. The molecule has 0 aliphatic rings. The lowest BCUT2D eigenvalue weighted by Gasteiger charge is -2.12. The molecule has 0 saturated heterocycles. The quantitative estimate of drug-likeness (QED) is 0.845. The number of halogens is 1. The standard InChI is InChI=1S/C19H22FNO3/c1-13(2)24-18-9-8-14(10-16(18)20)12-21-19(22)11-15-6-4-5-7-17(15)23-3/h4-10,13H,11-12H2,1-3H3,(H,21,22). The molecule has 0 aromatic heterocycles. The van der Waals surface area contributed by atoms with E-state index in [0.29, 0.717) is 11.3 Å². The fourth-order valence-corrected chi connectivity index (χ4v) is 2.29. The zero-order valence-corrected chi connectivity index (χ0v) is 14.1. The number of carbonyl (C=O) groups excluding carboxylic acids is 1. The highest BCUT2D eigenvalue weighted by atomic mass is 19.1. The van der Waals surface area contributed by atoms with Crippen molar-refractivity contribution in [2.75, 3.05) is 7.11 Å². The molecule has 0 bridgehead atoms. The van der Waals surface area contributed by atoms with Gasteiger partial charge in [-0.2, -0.15) is 0 Å². The number of hydrogen-bond acceptors (Lipinski definition) is 3. The molecule has 2 rings (SSSR count). The van der Waals surface area contributed by atoms with Crippen molar-refractivity contribution in [1.29, 1.82) is 0 Å². The lowest BCUT2D eigenvalue weighted by molar-refractivity contribution is -0.120. The number of ether oxygens (including phenoxy) is 2. The third-order valence-corrected chi connectivity index (χ3v) is 3.39. The van der Waals surface area contributed by atoms with Crippen molar-refractivity contribution in [2.45, 2.75) is 32.9 Å². The minimum atomic E-state index is -0.430. The van der Waals surface area contributed by atoms with Crippen LogP contribution in [0.15, 0.2) is 42.5 Å². The number of amides is 1. The van der Waals surface area contributed by atoms with E-state index in [1.54, 1.807) is 19.2 Å². The Morgan fingerprint density at radius 1 is 1.17 bits per heavy atom. The monoisotopic (exact) mass is 331 g/mol. The molecule has 0 spiro atoms. The average molecular weight is 331 g/mol. The van der Waals surface area contributed by atoms with Gasteiger partial charge in [-0.3, -0.25) is 4.79 Å². The van der Waals surface area contributed by atoms with Crippen LogP contribution >= 0.6 is 0 Å². The molecule has 128 valence electrons. The number of para-hydroxylation sites is 1. The highest BCUT2D eigenvalue weighted by Crippen LogP contribution is 2.20. The van der Waals surface area contributed by atoms with Crippen molar-refractivity contribution >= 4 is 5.91 Å². The first-order chi connectivity index (χ1) is 11.5. The molecule has 0 unspecified atom stereocenters. The van der Waals surface area contributed by atoms with E-state index in [0.717, 1.165) is 5.56 Å². The van der Waals surface area contributed by atoms with E-state index in [9.17, 15) is 9.18 Å². The summed E-state index contributed by atoms with van der Waals surface area (Å²) >= 11 is 0. The van der Waals surface area contributed by atoms with Gasteiger partial charge in [-0.05, 0) is 37.6 Å². The van der Waals surface area contributed by atoms with Gasteiger partial charge in [0.2, 0.25) is 5.91 Å². The molecule has 0 atom stereocenters. The van der Waals surface area contributed by atoms with Gasteiger partial charge in [-0.1, -0.05) is 24.3 Å². The first-order valence-corrected chi connectivity index (χ1v) is 7.83. The average Bonchev–Trinajstić information content (AvgIpc) is 2.55. The van der Waals surface area contributed by atoms with E-state index in [1.807, 2.05) is 38.1 Å². The van der Waals surface area contributed by atoms with Crippen LogP contribution in [-0.4, -0.2) is 19.1 Å². The Balaban J connectivity index is 1.93. The summed E-state index contributed by atoms with van der Waals surface area (Å²) in [5, 5.41) is 2.78. The molecule has 0 fully saturated rings. The summed E-state index contributed by atoms with van der Waals surface area (Å²) in [6, 6.07) is 12.1. The first-order valence-electron chi connectivity index (χ1n) is 7.83. The lowest BCUT2D eigenvalue weighted by atomic mass is 10.1. The molecular formula is C19H22FNO3. The van der Waals surface area contributed by atoms with Crippen molar-refractivity contribution in [3.05, 3.63) is 59.4 Å². The SMILES string of the molecule is COc1ccccc1CC(=O)NCc1ccc(OC(C)C)c(F)c1. The minimum absolute atomic E-state index is 0.0918. The molecule has 24 heavy (non-hydrogen) atoms. The topological polar surface area (TPSA) is 47.6 Å². The van der Waals surface area contributed by atoms with Crippen LogP contribution in [0.3, 0.4) is 0 Å². The predicted molar refractivity (Wildman–Crippen MR) is 90.7 cm³/mol. The van der Waals surface area contributed by atoms with Gasteiger partial charge in [0.05, 0.1) is 19.6 Å². The van der Waals surface area contributed by atoms with Crippen LogP contribution in [-0.2, 0) is 17.8 Å². The smallest absolute Gasteiger partial charge is 0.224 e. The van der Waals surface area contributed by atoms with E-state index >= 15 is 0 Å². The van der Waals surface area contributed by atoms with Gasteiger partial charge in [0.15, 0.2) is 11.6 Å². The molecule has 1 amide bonds. The zero-order chi connectivity index (χ0) is 17.5. The van der Waals surface area contributed by atoms with Crippen LogP contribution in [0, 0.1) is 5.82 Å². The zero-order valence-electron chi connectivity index (χ0n) is 14.1. The van der Waals surface area contributed by atoms with Crippen LogP contribution in [0.1, 0.15) is 25.0 Å². The Labute approximate surface area is 141 Å². The van der Waals surface area contributed by atoms with Gasteiger partial charge in [0.25, 0.3) is 0 Å². The molecule has 5 heteroatoms. The highest BCUT2D eigenvalue weighted by Gasteiger charge is 2.10. The van der Waals surface area contributed by atoms with Gasteiger partial charge in [-0.15, -0.1) is 0 Å². The third-order valence-electron chi connectivity index (χ3n) is 3.39. The summed E-state index contributed by atoms with van der Waals surface area (Å²) < 4.78 is 24.5. The Bertz CT molecular complexity index is 701. The Kier molecular flexibility index (Phi) is 6.18. The van der Waals surface area contributed by atoms with Crippen molar-refractivity contribution < 1.29 is 18.7 Å². The van der Waals surface area contributed by atoms with E-state index < -0.39 is 5.82 Å². The van der Waals surface area contributed by atoms with E-state index in [-0.39, 0.29) is 30.7 Å². The maximum atomic E-state index is 13.9. The number of methoxy groups -OCH3 is 1. The summed E-state index contributed by atoms with van der Waals surface area (Å²) in [6.07, 6.45) is 0.118. The van der Waals surface area contributed by atoms with Gasteiger partial charge in [0, 0.05) is 12.1 Å². The number of carbonyl (C=O) groups is 1. The molecule has 4 nitrogen and oxygen atoms in total. The first kappa shape index (κ1) is 17.8. The van der Waals surface area contributed by atoms with Gasteiger partial charge < -0.3 is 14.8 Å². The maximum Gasteiger partial charge on any atom is 0.224 e. The van der Waals surface area contributed by atoms with E-state index in [4.69, 9.17) is 9.47 Å². The van der Waals surface area contributed by atoms with Gasteiger partial charge in [-0.25, -0.2) is 4.39 Å². The van der Waals surface area contributed by atoms with Crippen molar-refractivity contribution in [3.63, 3.8) is 0 Å². The molecule has 0 aliphatic heterocycles. The Morgan fingerprint density at radius 3 is 2.58 bits per heavy atom. The summed E-state index contributed by atoms with van der Waals surface area (Å²) in [5.74, 6) is 0.311. The molecule has 0 aliphatic carbocycles. The number of hydrogen-bond donors (Lipinski definition) is 1. The largest absolute Gasteiger partial charge is 0.496 e. The Morgan fingerprint density at radius 2 is 1.92 bits per heavy atom. The molecular weight excluding hydrogens is 309 g/mol. The minimum Gasteiger partial charge on any atom is -0.496 e. The molecule has 0 radical (unpaired) electrons. The summed E-state index contributed by atoms with van der Waals surface area (Å²) in [4.78, 5) is 12.1. The van der Waals surface area contributed by atoms with E-state index in [1.165, 1.54) is 6.07 Å². The molecule has 0 saturated carbocycles. The van der Waals surface area contributed by atoms with E-state index in [2.05, 4.69) is 5.32 Å². The lowest BCUT2D eigenvalue weighted by Crippen LogP contribution is -2.24. The van der Waals surface area contributed by atoms with Crippen molar-refractivity contribution in [3.8, 4) is 11.5 Å². The number of rotatable bonds is 7. The number of benzene rings is 2. The predicted octanol–water partition coefficient (Wildman–Crippen LogP) is 3.48. The number of nitrogens with one attached hydrogen (secondary N) is 1. The second kappa shape index (κ2) is 8.34. The second-order valence-corrected chi connectivity index (χ2v) is 5.70. The van der Waals surface area contributed by atoms with Crippen LogP contribution in [0.2, 0.25) is 0 Å². The maximum absolute atomic E-state index is 13.9. The Hall–Kier alpha value is -2.56. The second-order valence-electron chi connectivity index (χ2n) is 5.70. The third kappa shape index (κ3) is 4.98.